The van der Waals surface area contributed by atoms with Gasteiger partial charge in [0.15, 0.2) is 5.82 Å². The van der Waals surface area contributed by atoms with Gasteiger partial charge in [-0.1, -0.05) is 13.8 Å². The van der Waals surface area contributed by atoms with Gasteiger partial charge in [0.2, 0.25) is 11.9 Å². The SMILES string of the molecule is C[C@@H]1C[C@H](C)CN([C@H](C)c2nc(N)nc(N(C)C)n2)C1. The summed E-state index contributed by atoms with van der Waals surface area (Å²) in [7, 11) is 3.82. The summed E-state index contributed by atoms with van der Waals surface area (Å²) in [6.45, 7) is 8.95. The maximum atomic E-state index is 5.81. The van der Waals surface area contributed by atoms with E-state index >= 15 is 0 Å². The second-order valence-electron chi connectivity index (χ2n) is 6.32. The fourth-order valence-corrected chi connectivity index (χ4v) is 2.97. The molecule has 3 atom stereocenters. The molecule has 6 heteroatoms. The number of rotatable bonds is 3. The van der Waals surface area contributed by atoms with E-state index in [1.807, 2.05) is 19.0 Å². The van der Waals surface area contributed by atoms with Crippen LogP contribution in [0.3, 0.4) is 0 Å². The topological polar surface area (TPSA) is 71.2 Å². The number of nitrogens with zero attached hydrogens (tertiary/aromatic N) is 5. The van der Waals surface area contributed by atoms with Crippen LogP contribution in [0.1, 0.15) is 39.1 Å². The standard InChI is InChI=1S/C14H26N6/c1-9-6-10(2)8-20(7-9)11(3)12-16-13(15)18-14(17-12)19(4)5/h9-11H,6-8H2,1-5H3,(H2,15,16,17,18)/t9-,10+,11-/m1/s1. The molecule has 1 aliphatic heterocycles. The monoisotopic (exact) mass is 278 g/mol. The minimum atomic E-state index is 0.171. The van der Waals surface area contributed by atoms with Crippen molar-refractivity contribution in [3.8, 4) is 0 Å². The summed E-state index contributed by atoms with van der Waals surface area (Å²) in [6, 6.07) is 0.171. The van der Waals surface area contributed by atoms with Crippen molar-refractivity contribution in [2.75, 3.05) is 37.8 Å². The van der Waals surface area contributed by atoms with E-state index in [0.29, 0.717) is 23.7 Å². The van der Waals surface area contributed by atoms with Gasteiger partial charge in [-0.15, -0.1) is 0 Å². The Kier molecular flexibility index (Phi) is 4.42. The number of likely N-dealkylation sites (tertiary alicyclic amines) is 1. The first-order valence-electron chi connectivity index (χ1n) is 7.29. The van der Waals surface area contributed by atoms with Crippen molar-refractivity contribution < 1.29 is 0 Å². The molecule has 0 unspecified atom stereocenters. The summed E-state index contributed by atoms with van der Waals surface area (Å²) >= 11 is 0. The van der Waals surface area contributed by atoms with Crippen LogP contribution in [0, 0.1) is 11.8 Å². The molecule has 0 aromatic carbocycles. The number of aromatic nitrogens is 3. The third-order valence-corrected chi connectivity index (χ3v) is 3.88. The Bertz CT molecular complexity index is 451. The molecule has 2 N–H and O–H groups in total. The molecule has 0 amide bonds. The maximum Gasteiger partial charge on any atom is 0.229 e. The number of anilines is 2. The van der Waals surface area contributed by atoms with E-state index in [1.54, 1.807) is 0 Å². The van der Waals surface area contributed by atoms with Gasteiger partial charge in [0, 0.05) is 27.2 Å². The first-order valence-corrected chi connectivity index (χ1v) is 7.29. The molecule has 1 saturated heterocycles. The van der Waals surface area contributed by atoms with Crippen molar-refractivity contribution in [1.82, 2.24) is 19.9 Å². The predicted molar refractivity (Wildman–Crippen MR) is 81.5 cm³/mol. The molecule has 1 fully saturated rings. The number of hydrogen-bond donors (Lipinski definition) is 1. The highest BCUT2D eigenvalue weighted by Gasteiger charge is 2.27. The molecule has 6 nitrogen and oxygen atoms in total. The molecule has 1 aromatic heterocycles. The summed E-state index contributed by atoms with van der Waals surface area (Å²) < 4.78 is 0. The molecule has 0 radical (unpaired) electrons. The Morgan fingerprint density at radius 3 is 2.30 bits per heavy atom. The number of nitrogens with two attached hydrogens (primary N) is 1. The van der Waals surface area contributed by atoms with E-state index < -0.39 is 0 Å². The van der Waals surface area contributed by atoms with E-state index in [1.165, 1.54) is 6.42 Å². The molecule has 0 saturated carbocycles. The van der Waals surface area contributed by atoms with Crippen molar-refractivity contribution in [1.29, 1.82) is 0 Å². The van der Waals surface area contributed by atoms with Crippen LogP contribution in [0.4, 0.5) is 11.9 Å². The molecule has 112 valence electrons. The summed E-state index contributed by atoms with van der Waals surface area (Å²) in [6.07, 6.45) is 1.30. The Hall–Kier alpha value is -1.43. The Balaban J connectivity index is 2.21. The molecular formula is C14H26N6. The fourth-order valence-electron chi connectivity index (χ4n) is 2.97. The Morgan fingerprint density at radius 1 is 1.15 bits per heavy atom. The van der Waals surface area contributed by atoms with Gasteiger partial charge in [-0.05, 0) is 25.2 Å². The van der Waals surface area contributed by atoms with Gasteiger partial charge >= 0.3 is 0 Å². The van der Waals surface area contributed by atoms with E-state index in [0.717, 1.165) is 18.9 Å². The van der Waals surface area contributed by atoms with Crippen LogP contribution < -0.4 is 10.6 Å². The molecular weight excluding hydrogens is 252 g/mol. The molecule has 2 rings (SSSR count). The largest absolute Gasteiger partial charge is 0.368 e. The fraction of sp³-hybridized carbons (Fsp3) is 0.786. The third kappa shape index (κ3) is 3.36. The lowest BCUT2D eigenvalue weighted by Gasteiger charge is -2.38. The van der Waals surface area contributed by atoms with Crippen molar-refractivity contribution in [2.24, 2.45) is 11.8 Å². The molecule has 0 spiro atoms. The van der Waals surface area contributed by atoms with E-state index in [9.17, 15) is 0 Å². The Labute approximate surface area is 121 Å². The van der Waals surface area contributed by atoms with Crippen molar-refractivity contribution in [2.45, 2.75) is 33.2 Å². The first-order chi connectivity index (χ1) is 9.36. The maximum absolute atomic E-state index is 5.81. The highest BCUT2D eigenvalue weighted by Crippen LogP contribution is 2.28. The lowest BCUT2D eigenvalue weighted by molar-refractivity contribution is 0.0991. The van der Waals surface area contributed by atoms with Crippen LogP contribution in [-0.4, -0.2) is 47.0 Å². The highest BCUT2D eigenvalue weighted by atomic mass is 15.3. The average molecular weight is 278 g/mol. The average Bonchev–Trinajstić information content (AvgIpc) is 2.35. The second-order valence-corrected chi connectivity index (χ2v) is 6.32. The van der Waals surface area contributed by atoms with Crippen LogP contribution in [0.25, 0.3) is 0 Å². The zero-order valence-corrected chi connectivity index (χ0v) is 13.2. The van der Waals surface area contributed by atoms with Crippen molar-refractivity contribution >= 4 is 11.9 Å². The highest BCUT2D eigenvalue weighted by molar-refractivity contribution is 5.33. The van der Waals surface area contributed by atoms with Gasteiger partial charge in [-0.3, -0.25) is 4.90 Å². The molecule has 20 heavy (non-hydrogen) atoms. The molecule has 0 aliphatic carbocycles. The van der Waals surface area contributed by atoms with Gasteiger partial charge in [0.05, 0.1) is 6.04 Å². The van der Waals surface area contributed by atoms with Crippen LogP contribution in [0.2, 0.25) is 0 Å². The van der Waals surface area contributed by atoms with E-state index in [2.05, 4.69) is 40.6 Å². The zero-order chi connectivity index (χ0) is 14.9. The number of hydrogen-bond acceptors (Lipinski definition) is 6. The van der Waals surface area contributed by atoms with Gasteiger partial charge in [0.1, 0.15) is 0 Å². The normalized spacial score (nSPS) is 25.4. The first kappa shape index (κ1) is 15.0. The van der Waals surface area contributed by atoms with Crippen LogP contribution in [0.5, 0.6) is 0 Å². The third-order valence-electron chi connectivity index (χ3n) is 3.88. The van der Waals surface area contributed by atoms with Crippen LogP contribution in [-0.2, 0) is 0 Å². The van der Waals surface area contributed by atoms with Gasteiger partial charge in [-0.2, -0.15) is 15.0 Å². The predicted octanol–water partition coefficient (Wildman–Crippen LogP) is 1.56. The van der Waals surface area contributed by atoms with Crippen LogP contribution >= 0.6 is 0 Å². The summed E-state index contributed by atoms with van der Waals surface area (Å²) in [5.41, 5.74) is 5.81. The quantitative estimate of drug-likeness (QED) is 0.904. The minimum Gasteiger partial charge on any atom is -0.368 e. The van der Waals surface area contributed by atoms with E-state index in [-0.39, 0.29) is 6.04 Å². The Morgan fingerprint density at radius 2 is 1.75 bits per heavy atom. The number of nitrogen functional groups attached to an aromatic ring is 1. The van der Waals surface area contributed by atoms with Crippen molar-refractivity contribution in [3.63, 3.8) is 0 Å². The molecule has 0 bridgehead atoms. The molecule has 1 aliphatic rings. The van der Waals surface area contributed by atoms with Gasteiger partial charge < -0.3 is 10.6 Å². The van der Waals surface area contributed by atoms with Crippen molar-refractivity contribution in [3.05, 3.63) is 5.82 Å². The zero-order valence-electron chi connectivity index (χ0n) is 13.2. The lowest BCUT2D eigenvalue weighted by atomic mass is 9.91. The summed E-state index contributed by atoms with van der Waals surface area (Å²) in [5.74, 6) is 3.12. The van der Waals surface area contributed by atoms with Gasteiger partial charge in [-0.25, -0.2) is 0 Å². The van der Waals surface area contributed by atoms with Crippen LogP contribution in [0.15, 0.2) is 0 Å². The smallest absolute Gasteiger partial charge is 0.229 e. The molecule has 1 aromatic rings. The molecule has 2 heterocycles. The number of piperidine rings is 1. The lowest BCUT2D eigenvalue weighted by Crippen LogP contribution is -2.40. The summed E-state index contributed by atoms with van der Waals surface area (Å²) in [4.78, 5) is 17.3. The van der Waals surface area contributed by atoms with E-state index in [4.69, 9.17) is 5.73 Å². The second kappa shape index (κ2) is 5.91. The van der Waals surface area contributed by atoms with Gasteiger partial charge in [0.25, 0.3) is 0 Å². The minimum absolute atomic E-state index is 0.171. The summed E-state index contributed by atoms with van der Waals surface area (Å²) in [5, 5.41) is 0.